The minimum Gasteiger partial charge on any atom is -0.493 e. The molecule has 0 aliphatic heterocycles. The Balaban J connectivity index is 2.34. The van der Waals surface area contributed by atoms with Crippen molar-refractivity contribution in [2.75, 3.05) is 13.2 Å². The van der Waals surface area contributed by atoms with Gasteiger partial charge in [0.05, 0.1) is 12.3 Å². The molecule has 2 rings (SSSR count). The zero-order chi connectivity index (χ0) is 9.97. The van der Waals surface area contributed by atoms with E-state index in [0.717, 1.165) is 24.3 Å². The summed E-state index contributed by atoms with van der Waals surface area (Å²) in [7, 11) is 0. The van der Waals surface area contributed by atoms with Gasteiger partial charge in [0.2, 0.25) is 0 Å². The van der Waals surface area contributed by atoms with Gasteiger partial charge in [-0.25, -0.2) is 0 Å². The maximum Gasteiger partial charge on any atom is 0.125 e. The molecule has 0 bridgehead atoms. The molecular formula is C11H16N2O. The van der Waals surface area contributed by atoms with E-state index in [1.165, 1.54) is 5.56 Å². The SMILES string of the molecule is CCOc1ccnc2c1CCC2CN. The van der Waals surface area contributed by atoms with Crippen LogP contribution in [0.1, 0.15) is 30.5 Å². The van der Waals surface area contributed by atoms with E-state index < -0.39 is 0 Å². The van der Waals surface area contributed by atoms with Gasteiger partial charge in [0.15, 0.2) is 0 Å². The van der Waals surface area contributed by atoms with Crippen LogP contribution in [-0.4, -0.2) is 18.1 Å². The van der Waals surface area contributed by atoms with E-state index in [1.807, 2.05) is 19.2 Å². The summed E-state index contributed by atoms with van der Waals surface area (Å²) in [5.41, 5.74) is 8.11. The standard InChI is InChI=1S/C11H16N2O/c1-2-14-10-5-6-13-11-8(7-12)3-4-9(10)11/h5-6,8H,2-4,7,12H2,1H3. The fraction of sp³-hybridized carbons (Fsp3) is 0.545. The van der Waals surface area contributed by atoms with Crippen molar-refractivity contribution < 1.29 is 4.74 Å². The average molecular weight is 192 g/mol. The summed E-state index contributed by atoms with van der Waals surface area (Å²) in [6.07, 6.45) is 3.99. The Morgan fingerprint density at radius 1 is 1.64 bits per heavy atom. The van der Waals surface area contributed by atoms with Crippen molar-refractivity contribution in [1.82, 2.24) is 4.98 Å². The van der Waals surface area contributed by atoms with Crippen molar-refractivity contribution in [3.05, 3.63) is 23.5 Å². The van der Waals surface area contributed by atoms with Gasteiger partial charge in [0, 0.05) is 24.2 Å². The maximum absolute atomic E-state index is 5.69. The Morgan fingerprint density at radius 3 is 3.21 bits per heavy atom. The van der Waals surface area contributed by atoms with Crippen LogP contribution in [-0.2, 0) is 6.42 Å². The number of nitrogens with two attached hydrogens (primary N) is 1. The number of nitrogens with zero attached hydrogens (tertiary/aromatic N) is 1. The topological polar surface area (TPSA) is 48.1 Å². The number of hydrogen-bond acceptors (Lipinski definition) is 3. The minimum absolute atomic E-state index is 0.436. The Labute approximate surface area is 84.3 Å². The van der Waals surface area contributed by atoms with Gasteiger partial charge < -0.3 is 10.5 Å². The molecule has 3 heteroatoms. The van der Waals surface area contributed by atoms with E-state index in [1.54, 1.807) is 0 Å². The van der Waals surface area contributed by atoms with Crippen LogP contribution >= 0.6 is 0 Å². The van der Waals surface area contributed by atoms with E-state index >= 15 is 0 Å². The van der Waals surface area contributed by atoms with Crippen LogP contribution < -0.4 is 10.5 Å². The Bertz CT molecular complexity index is 325. The smallest absolute Gasteiger partial charge is 0.125 e. The Morgan fingerprint density at radius 2 is 2.50 bits per heavy atom. The van der Waals surface area contributed by atoms with Gasteiger partial charge in [-0.05, 0) is 25.8 Å². The molecule has 1 aliphatic rings. The van der Waals surface area contributed by atoms with E-state index in [2.05, 4.69) is 4.98 Å². The molecule has 0 radical (unpaired) electrons. The zero-order valence-electron chi connectivity index (χ0n) is 8.49. The minimum atomic E-state index is 0.436. The highest BCUT2D eigenvalue weighted by atomic mass is 16.5. The fourth-order valence-electron chi connectivity index (χ4n) is 2.07. The van der Waals surface area contributed by atoms with E-state index in [0.29, 0.717) is 19.1 Å². The number of rotatable bonds is 3. The lowest BCUT2D eigenvalue weighted by atomic mass is 10.1. The second kappa shape index (κ2) is 3.96. The third kappa shape index (κ3) is 1.48. The van der Waals surface area contributed by atoms with Gasteiger partial charge in [0.1, 0.15) is 5.75 Å². The fourth-order valence-corrected chi connectivity index (χ4v) is 2.07. The molecule has 1 aromatic heterocycles. The molecule has 76 valence electrons. The van der Waals surface area contributed by atoms with Gasteiger partial charge in [0.25, 0.3) is 0 Å². The quantitative estimate of drug-likeness (QED) is 0.789. The monoisotopic (exact) mass is 192 g/mol. The molecule has 0 spiro atoms. The molecule has 1 atom stereocenters. The molecule has 1 aromatic rings. The van der Waals surface area contributed by atoms with E-state index in [4.69, 9.17) is 10.5 Å². The van der Waals surface area contributed by atoms with Gasteiger partial charge in [-0.2, -0.15) is 0 Å². The average Bonchev–Trinajstić information content (AvgIpc) is 2.62. The van der Waals surface area contributed by atoms with Gasteiger partial charge in [-0.3, -0.25) is 4.98 Å². The van der Waals surface area contributed by atoms with Crippen molar-refractivity contribution in [3.8, 4) is 5.75 Å². The molecule has 0 saturated heterocycles. The number of fused-ring (bicyclic) bond motifs is 1. The molecule has 1 unspecified atom stereocenters. The highest BCUT2D eigenvalue weighted by Gasteiger charge is 2.25. The van der Waals surface area contributed by atoms with Gasteiger partial charge in [-0.15, -0.1) is 0 Å². The summed E-state index contributed by atoms with van der Waals surface area (Å²) >= 11 is 0. The van der Waals surface area contributed by atoms with Gasteiger partial charge in [-0.1, -0.05) is 0 Å². The van der Waals surface area contributed by atoms with Crippen molar-refractivity contribution in [1.29, 1.82) is 0 Å². The molecular weight excluding hydrogens is 176 g/mol. The molecule has 3 nitrogen and oxygen atoms in total. The van der Waals surface area contributed by atoms with Crippen LogP contribution in [0.5, 0.6) is 5.75 Å². The highest BCUT2D eigenvalue weighted by molar-refractivity contribution is 5.41. The Kier molecular flexibility index (Phi) is 2.68. The summed E-state index contributed by atoms with van der Waals surface area (Å²) in [5.74, 6) is 1.43. The first-order valence-electron chi connectivity index (χ1n) is 5.17. The largest absolute Gasteiger partial charge is 0.493 e. The summed E-state index contributed by atoms with van der Waals surface area (Å²) in [6.45, 7) is 3.40. The second-order valence-corrected chi connectivity index (χ2v) is 3.58. The molecule has 0 fully saturated rings. The first kappa shape index (κ1) is 9.46. The van der Waals surface area contributed by atoms with Gasteiger partial charge >= 0.3 is 0 Å². The lowest BCUT2D eigenvalue weighted by Gasteiger charge is -2.09. The third-order valence-electron chi connectivity index (χ3n) is 2.76. The number of pyridine rings is 1. The number of hydrogen-bond donors (Lipinski definition) is 1. The number of aromatic nitrogens is 1. The van der Waals surface area contributed by atoms with Crippen molar-refractivity contribution in [3.63, 3.8) is 0 Å². The lowest BCUT2D eigenvalue weighted by molar-refractivity contribution is 0.336. The summed E-state index contributed by atoms with van der Waals surface area (Å²) in [4.78, 5) is 4.39. The molecule has 14 heavy (non-hydrogen) atoms. The Hall–Kier alpha value is -1.09. The van der Waals surface area contributed by atoms with Crippen molar-refractivity contribution in [2.24, 2.45) is 5.73 Å². The van der Waals surface area contributed by atoms with Crippen LogP contribution in [0.3, 0.4) is 0 Å². The molecule has 2 N–H and O–H groups in total. The van der Waals surface area contributed by atoms with Crippen LogP contribution in [0.25, 0.3) is 0 Å². The molecule has 0 aromatic carbocycles. The van der Waals surface area contributed by atoms with Crippen LogP contribution in [0.2, 0.25) is 0 Å². The van der Waals surface area contributed by atoms with Crippen LogP contribution in [0.15, 0.2) is 12.3 Å². The van der Waals surface area contributed by atoms with Crippen molar-refractivity contribution >= 4 is 0 Å². The third-order valence-corrected chi connectivity index (χ3v) is 2.76. The summed E-state index contributed by atoms with van der Waals surface area (Å²) < 4.78 is 5.56. The van der Waals surface area contributed by atoms with E-state index in [-0.39, 0.29) is 0 Å². The molecule has 0 amide bonds. The lowest BCUT2D eigenvalue weighted by Crippen LogP contribution is -2.10. The first-order valence-corrected chi connectivity index (χ1v) is 5.17. The van der Waals surface area contributed by atoms with E-state index in [9.17, 15) is 0 Å². The molecule has 0 saturated carbocycles. The zero-order valence-corrected chi connectivity index (χ0v) is 8.49. The first-order chi connectivity index (χ1) is 6.86. The van der Waals surface area contributed by atoms with Crippen molar-refractivity contribution in [2.45, 2.75) is 25.7 Å². The highest BCUT2D eigenvalue weighted by Crippen LogP contribution is 2.35. The molecule has 1 aliphatic carbocycles. The number of ether oxygens (including phenoxy) is 1. The molecule has 1 heterocycles. The predicted molar refractivity (Wildman–Crippen MR) is 55.5 cm³/mol. The maximum atomic E-state index is 5.69. The summed E-state index contributed by atoms with van der Waals surface area (Å²) in [5, 5.41) is 0. The summed E-state index contributed by atoms with van der Waals surface area (Å²) in [6, 6.07) is 1.95. The normalized spacial score (nSPS) is 19.4. The van der Waals surface area contributed by atoms with Crippen LogP contribution in [0.4, 0.5) is 0 Å². The van der Waals surface area contributed by atoms with Crippen LogP contribution in [0, 0.1) is 0 Å². The predicted octanol–water partition coefficient (Wildman–Crippen LogP) is 1.47. The second-order valence-electron chi connectivity index (χ2n) is 3.58.